The molecule has 0 bridgehead atoms. The van der Waals surface area contributed by atoms with E-state index >= 15 is 0 Å². The van der Waals surface area contributed by atoms with E-state index in [0.717, 1.165) is 34.0 Å². The van der Waals surface area contributed by atoms with Gasteiger partial charge in [-0.05, 0) is 36.2 Å². The maximum absolute atomic E-state index is 12.1. The third-order valence-corrected chi connectivity index (χ3v) is 5.34. The zero-order valence-corrected chi connectivity index (χ0v) is 15.2. The van der Waals surface area contributed by atoms with Crippen LogP contribution in [0.1, 0.15) is 17.0 Å². The van der Waals surface area contributed by atoms with Gasteiger partial charge in [-0.2, -0.15) is 0 Å². The van der Waals surface area contributed by atoms with E-state index in [1.54, 1.807) is 11.3 Å². The molecule has 134 valence electrons. The third-order valence-electron chi connectivity index (χ3n) is 4.25. The van der Waals surface area contributed by atoms with Gasteiger partial charge < -0.3 is 14.8 Å². The van der Waals surface area contributed by atoms with Crippen LogP contribution in [0.4, 0.5) is 0 Å². The molecule has 1 aliphatic rings. The first-order valence-corrected chi connectivity index (χ1v) is 9.59. The molecule has 6 heteroatoms. The number of carbonyl (C=O) groups excluding carboxylic acids is 1. The van der Waals surface area contributed by atoms with Crippen LogP contribution in [0.3, 0.4) is 0 Å². The fourth-order valence-corrected chi connectivity index (χ4v) is 3.89. The molecule has 0 atom stereocenters. The molecule has 1 amide bonds. The highest BCUT2D eigenvalue weighted by molar-refractivity contribution is 7.18. The minimum Gasteiger partial charge on any atom is -0.486 e. The summed E-state index contributed by atoms with van der Waals surface area (Å²) in [5.41, 5.74) is 2.13. The zero-order chi connectivity index (χ0) is 17.8. The lowest BCUT2D eigenvalue weighted by molar-refractivity contribution is -0.121. The van der Waals surface area contributed by atoms with Crippen molar-refractivity contribution in [3.8, 4) is 11.5 Å². The molecule has 0 unspecified atom stereocenters. The lowest BCUT2D eigenvalue weighted by Crippen LogP contribution is -2.26. The standard InChI is InChI=1S/C20H20N2O3S/c23-19(7-8-20-22-15-3-1-2-4-18(15)26-20)21-10-9-14-5-6-16-17(13-14)25-12-11-24-16/h1-6,13H,7-12H2,(H,21,23). The Morgan fingerprint density at radius 1 is 1.08 bits per heavy atom. The predicted octanol–water partition coefficient (Wildman–Crippen LogP) is 3.36. The van der Waals surface area contributed by atoms with Gasteiger partial charge in [0.2, 0.25) is 5.91 Å². The number of hydrogen-bond donors (Lipinski definition) is 1. The van der Waals surface area contributed by atoms with Gasteiger partial charge in [0, 0.05) is 19.4 Å². The number of hydrogen-bond acceptors (Lipinski definition) is 5. The number of benzene rings is 2. The second-order valence-electron chi connectivity index (χ2n) is 6.15. The van der Waals surface area contributed by atoms with Crippen LogP contribution in [0.5, 0.6) is 11.5 Å². The van der Waals surface area contributed by atoms with Crippen LogP contribution in [0, 0.1) is 0 Å². The number of amides is 1. The van der Waals surface area contributed by atoms with Crippen molar-refractivity contribution in [3.05, 3.63) is 53.0 Å². The summed E-state index contributed by atoms with van der Waals surface area (Å²) in [6.45, 7) is 1.79. The van der Waals surface area contributed by atoms with E-state index in [2.05, 4.69) is 16.4 Å². The number of nitrogens with one attached hydrogen (secondary N) is 1. The summed E-state index contributed by atoms with van der Waals surface area (Å²) in [5, 5.41) is 3.99. The molecular formula is C20H20N2O3S. The summed E-state index contributed by atoms with van der Waals surface area (Å²) in [5.74, 6) is 1.64. The third kappa shape index (κ3) is 3.96. The molecular weight excluding hydrogens is 348 g/mol. The smallest absolute Gasteiger partial charge is 0.220 e. The Morgan fingerprint density at radius 2 is 1.92 bits per heavy atom. The topological polar surface area (TPSA) is 60.5 Å². The maximum atomic E-state index is 12.1. The van der Waals surface area contributed by atoms with Crippen molar-refractivity contribution < 1.29 is 14.3 Å². The van der Waals surface area contributed by atoms with Crippen molar-refractivity contribution in [3.63, 3.8) is 0 Å². The molecule has 26 heavy (non-hydrogen) atoms. The van der Waals surface area contributed by atoms with E-state index in [4.69, 9.17) is 9.47 Å². The Morgan fingerprint density at radius 3 is 2.81 bits per heavy atom. The van der Waals surface area contributed by atoms with E-state index in [1.807, 2.05) is 36.4 Å². The molecule has 2 aromatic carbocycles. The van der Waals surface area contributed by atoms with E-state index in [9.17, 15) is 4.79 Å². The number of carbonyl (C=O) groups is 1. The lowest BCUT2D eigenvalue weighted by atomic mass is 10.1. The van der Waals surface area contributed by atoms with E-state index in [0.29, 0.717) is 32.6 Å². The Balaban J connectivity index is 1.24. The molecule has 3 aromatic rings. The van der Waals surface area contributed by atoms with Crippen molar-refractivity contribution in [2.24, 2.45) is 0 Å². The number of ether oxygens (including phenoxy) is 2. The molecule has 4 rings (SSSR count). The van der Waals surface area contributed by atoms with Crippen molar-refractivity contribution in [2.45, 2.75) is 19.3 Å². The quantitative estimate of drug-likeness (QED) is 0.725. The Kier molecular flexibility index (Phi) is 5.02. The van der Waals surface area contributed by atoms with Crippen molar-refractivity contribution in [2.75, 3.05) is 19.8 Å². The number of para-hydroxylation sites is 1. The highest BCUT2D eigenvalue weighted by Crippen LogP contribution is 2.30. The summed E-state index contributed by atoms with van der Waals surface area (Å²) in [6, 6.07) is 14.0. The molecule has 2 heterocycles. The SMILES string of the molecule is O=C(CCc1nc2ccccc2s1)NCCc1ccc2c(c1)OCCO2. The van der Waals surface area contributed by atoms with E-state index in [1.165, 1.54) is 4.70 Å². The average Bonchev–Trinajstić information content (AvgIpc) is 3.09. The largest absolute Gasteiger partial charge is 0.486 e. The number of rotatable bonds is 6. The van der Waals surface area contributed by atoms with Crippen LogP contribution < -0.4 is 14.8 Å². The Labute approximate surface area is 156 Å². The van der Waals surface area contributed by atoms with Gasteiger partial charge >= 0.3 is 0 Å². The van der Waals surface area contributed by atoms with Crippen LogP contribution in [0.25, 0.3) is 10.2 Å². The summed E-state index contributed by atoms with van der Waals surface area (Å²) >= 11 is 1.66. The zero-order valence-electron chi connectivity index (χ0n) is 14.4. The average molecular weight is 368 g/mol. The van der Waals surface area contributed by atoms with Gasteiger partial charge in [-0.15, -0.1) is 11.3 Å². The Hall–Kier alpha value is -2.60. The number of fused-ring (bicyclic) bond motifs is 2. The van der Waals surface area contributed by atoms with Crippen molar-refractivity contribution in [1.82, 2.24) is 10.3 Å². The molecule has 1 aliphatic heterocycles. The number of aryl methyl sites for hydroxylation is 1. The molecule has 0 fully saturated rings. The molecule has 0 spiro atoms. The Bertz CT molecular complexity index is 889. The first-order valence-electron chi connectivity index (χ1n) is 8.77. The summed E-state index contributed by atoms with van der Waals surface area (Å²) in [4.78, 5) is 16.6. The minimum absolute atomic E-state index is 0.0572. The van der Waals surface area contributed by atoms with Gasteiger partial charge in [0.1, 0.15) is 13.2 Å². The molecule has 0 aliphatic carbocycles. The van der Waals surface area contributed by atoms with Gasteiger partial charge in [-0.3, -0.25) is 4.79 Å². The molecule has 5 nitrogen and oxygen atoms in total. The predicted molar refractivity (Wildman–Crippen MR) is 102 cm³/mol. The molecule has 1 N–H and O–H groups in total. The first kappa shape index (κ1) is 16.8. The van der Waals surface area contributed by atoms with Gasteiger partial charge in [-0.1, -0.05) is 18.2 Å². The monoisotopic (exact) mass is 368 g/mol. The second kappa shape index (κ2) is 7.74. The fourth-order valence-electron chi connectivity index (χ4n) is 2.93. The molecule has 0 saturated heterocycles. The second-order valence-corrected chi connectivity index (χ2v) is 7.27. The molecule has 1 aromatic heterocycles. The van der Waals surface area contributed by atoms with Gasteiger partial charge in [0.05, 0.1) is 15.2 Å². The lowest BCUT2D eigenvalue weighted by Gasteiger charge is -2.18. The number of nitrogens with zero attached hydrogens (tertiary/aromatic N) is 1. The molecule has 0 saturated carbocycles. The minimum atomic E-state index is 0.0572. The first-order chi connectivity index (χ1) is 12.8. The highest BCUT2D eigenvalue weighted by atomic mass is 32.1. The van der Waals surface area contributed by atoms with Crippen molar-refractivity contribution in [1.29, 1.82) is 0 Å². The highest BCUT2D eigenvalue weighted by Gasteiger charge is 2.12. The normalized spacial score (nSPS) is 12.9. The van der Waals surface area contributed by atoms with Crippen LogP contribution in [0.15, 0.2) is 42.5 Å². The van der Waals surface area contributed by atoms with Crippen LogP contribution >= 0.6 is 11.3 Å². The van der Waals surface area contributed by atoms with Gasteiger partial charge in [0.15, 0.2) is 11.5 Å². The number of thiazole rings is 1. The van der Waals surface area contributed by atoms with Gasteiger partial charge in [-0.25, -0.2) is 4.98 Å². The number of aromatic nitrogens is 1. The van der Waals surface area contributed by atoms with E-state index in [-0.39, 0.29) is 5.91 Å². The fraction of sp³-hybridized carbons (Fsp3) is 0.300. The van der Waals surface area contributed by atoms with Crippen LogP contribution in [-0.2, 0) is 17.6 Å². The maximum Gasteiger partial charge on any atom is 0.220 e. The van der Waals surface area contributed by atoms with Crippen LogP contribution in [0.2, 0.25) is 0 Å². The summed E-state index contributed by atoms with van der Waals surface area (Å²) in [6.07, 6.45) is 1.90. The molecule has 0 radical (unpaired) electrons. The summed E-state index contributed by atoms with van der Waals surface area (Å²) in [7, 11) is 0. The van der Waals surface area contributed by atoms with Crippen molar-refractivity contribution >= 4 is 27.5 Å². The summed E-state index contributed by atoms with van der Waals surface area (Å²) < 4.78 is 12.3. The van der Waals surface area contributed by atoms with E-state index < -0.39 is 0 Å². The van der Waals surface area contributed by atoms with Crippen LogP contribution in [-0.4, -0.2) is 30.6 Å². The van der Waals surface area contributed by atoms with Gasteiger partial charge in [0.25, 0.3) is 0 Å².